The van der Waals surface area contributed by atoms with E-state index in [9.17, 15) is 19.5 Å². The van der Waals surface area contributed by atoms with Crippen LogP contribution in [0.3, 0.4) is 0 Å². The highest BCUT2D eigenvalue weighted by atomic mass is 16.6. The molecule has 34 heavy (non-hydrogen) atoms. The zero-order valence-corrected chi connectivity index (χ0v) is 20.0. The van der Waals surface area contributed by atoms with E-state index in [0.717, 1.165) is 22.3 Å². The number of amides is 2. The van der Waals surface area contributed by atoms with E-state index < -0.39 is 29.8 Å². The minimum Gasteiger partial charge on any atom is -0.481 e. The number of ether oxygens (including phenoxy) is 2. The molecular weight excluding hydrogens is 436 g/mol. The van der Waals surface area contributed by atoms with Crippen LogP contribution >= 0.6 is 0 Å². The van der Waals surface area contributed by atoms with Gasteiger partial charge >= 0.3 is 18.2 Å². The second kappa shape index (κ2) is 10.6. The first-order valence-corrected chi connectivity index (χ1v) is 11.4. The molecule has 0 aliphatic heterocycles. The molecule has 0 radical (unpaired) electrons. The Morgan fingerprint density at radius 3 is 2.06 bits per heavy atom. The summed E-state index contributed by atoms with van der Waals surface area (Å²) in [7, 11) is 0. The van der Waals surface area contributed by atoms with Crippen molar-refractivity contribution in [2.45, 2.75) is 51.7 Å². The third-order valence-electron chi connectivity index (χ3n) is 5.70. The highest BCUT2D eigenvalue weighted by molar-refractivity contribution is 5.79. The fraction of sp³-hybridized carbons (Fsp3) is 0.423. The molecule has 3 N–H and O–H groups in total. The van der Waals surface area contributed by atoms with Crippen molar-refractivity contribution >= 4 is 18.2 Å². The Hall–Kier alpha value is -3.55. The number of hydrogen-bond donors (Lipinski definition) is 3. The summed E-state index contributed by atoms with van der Waals surface area (Å²) >= 11 is 0. The van der Waals surface area contributed by atoms with E-state index in [4.69, 9.17) is 9.47 Å². The van der Waals surface area contributed by atoms with Crippen molar-refractivity contribution in [3.8, 4) is 11.1 Å². The van der Waals surface area contributed by atoms with Crippen molar-refractivity contribution in [1.29, 1.82) is 0 Å². The quantitative estimate of drug-likeness (QED) is 0.525. The lowest BCUT2D eigenvalue weighted by molar-refractivity contribution is -0.137. The molecule has 2 atom stereocenters. The van der Waals surface area contributed by atoms with E-state index in [0.29, 0.717) is 0 Å². The Bertz CT molecular complexity index is 1000. The maximum atomic E-state index is 12.6. The average Bonchev–Trinajstić information content (AvgIpc) is 3.08. The first kappa shape index (κ1) is 25.1. The number of aliphatic carboxylic acids is 1. The third-order valence-corrected chi connectivity index (χ3v) is 5.70. The number of rotatable bonds is 8. The van der Waals surface area contributed by atoms with Gasteiger partial charge in [0, 0.05) is 18.5 Å². The lowest BCUT2D eigenvalue weighted by Gasteiger charge is -2.25. The smallest absolute Gasteiger partial charge is 0.407 e. The van der Waals surface area contributed by atoms with Crippen LogP contribution in [0.5, 0.6) is 0 Å². The van der Waals surface area contributed by atoms with E-state index in [1.165, 1.54) is 0 Å². The molecule has 2 amide bonds. The van der Waals surface area contributed by atoms with Gasteiger partial charge in [0.05, 0.1) is 6.42 Å². The summed E-state index contributed by atoms with van der Waals surface area (Å²) in [5.74, 6) is -1.53. The number of benzene rings is 2. The highest BCUT2D eigenvalue weighted by Gasteiger charge is 2.30. The molecule has 8 nitrogen and oxygen atoms in total. The Labute approximate surface area is 199 Å². The maximum absolute atomic E-state index is 12.6. The van der Waals surface area contributed by atoms with Crippen LogP contribution in [0.25, 0.3) is 11.1 Å². The summed E-state index contributed by atoms with van der Waals surface area (Å²) in [5.41, 5.74) is 3.78. The SMILES string of the molecule is CC(CNC(=O)OC(C)(C)C)C(CC(=O)O)NC(=O)OCC1c2ccccc2-c2ccccc21. The van der Waals surface area contributed by atoms with Crippen LogP contribution in [0.1, 0.15) is 51.2 Å². The topological polar surface area (TPSA) is 114 Å². The first-order chi connectivity index (χ1) is 16.0. The van der Waals surface area contributed by atoms with Crippen LogP contribution in [0.2, 0.25) is 0 Å². The van der Waals surface area contributed by atoms with Gasteiger partial charge in [-0.15, -0.1) is 0 Å². The highest BCUT2D eigenvalue weighted by Crippen LogP contribution is 2.44. The molecule has 2 aromatic carbocycles. The normalized spacial score (nSPS) is 14.4. The van der Waals surface area contributed by atoms with Gasteiger partial charge in [0.15, 0.2) is 0 Å². The molecule has 2 unspecified atom stereocenters. The Balaban J connectivity index is 1.60. The Kier molecular flexibility index (Phi) is 7.81. The Morgan fingerprint density at radius 1 is 0.971 bits per heavy atom. The van der Waals surface area contributed by atoms with E-state index in [1.807, 2.05) is 36.4 Å². The number of nitrogens with one attached hydrogen (secondary N) is 2. The number of carbonyl (C=O) groups is 3. The number of hydrogen-bond acceptors (Lipinski definition) is 5. The Morgan fingerprint density at radius 2 is 1.53 bits per heavy atom. The average molecular weight is 469 g/mol. The number of carboxylic acids is 1. The molecule has 8 heteroatoms. The van der Waals surface area contributed by atoms with Crippen LogP contribution in [-0.4, -0.2) is 48.1 Å². The molecule has 1 aliphatic rings. The second-order valence-electron chi connectivity index (χ2n) is 9.53. The first-order valence-electron chi connectivity index (χ1n) is 11.4. The van der Waals surface area contributed by atoms with Crippen molar-refractivity contribution in [2.24, 2.45) is 5.92 Å². The van der Waals surface area contributed by atoms with Gasteiger partial charge in [0.25, 0.3) is 0 Å². The molecule has 3 rings (SSSR count). The minimum absolute atomic E-state index is 0.0951. The standard InChI is InChI=1S/C26H32N2O6/c1-16(14-27-24(31)34-26(2,3)4)22(13-23(29)30)28-25(32)33-15-21-19-11-7-5-9-17(19)18-10-6-8-12-20(18)21/h5-12,16,21-22H,13-15H2,1-4H3,(H,27,31)(H,28,32)(H,29,30). The molecule has 0 heterocycles. The summed E-state index contributed by atoms with van der Waals surface area (Å²) in [5, 5.41) is 14.6. The van der Waals surface area contributed by atoms with Gasteiger partial charge in [-0.1, -0.05) is 55.5 Å². The molecule has 1 aliphatic carbocycles. The van der Waals surface area contributed by atoms with Gasteiger partial charge in [-0.3, -0.25) is 4.79 Å². The van der Waals surface area contributed by atoms with Crippen molar-refractivity contribution in [3.63, 3.8) is 0 Å². The van der Waals surface area contributed by atoms with Crippen molar-refractivity contribution in [1.82, 2.24) is 10.6 Å². The largest absolute Gasteiger partial charge is 0.481 e. The summed E-state index contributed by atoms with van der Waals surface area (Å²) in [6.07, 6.45) is -1.60. The van der Waals surface area contributed by atoms with Gasteiger partial charge in [0.2, 0.25) is 0 Å². The van der Waals surface area contributed by atoms with E-state index in [1.54, 1.807) is 27.7 Å². The van der Waals surface area contributed by atoms with Crippen LogP contribution in [0.4, 0.5) is 9.59 Å². The fourth-order valence-electron chi connectivity index (χ4n) is 4.07. The summed E-state index contributed by atoms with van der Waals surface area (Å²) < 4.78 is 10.7. The number of alkyl carbamates (subject to hydrolysis) is 2. The predicted octanol–water partition coefficient (Wildman–Crippen LogP) is 4.53. The molecule has 0 bridgehead atoms. The summed E-state index contributed by atoms with van der Waals surface area (Å²) in [6.45, 7) is 7.27. The van der Waals surface area contributed by atoms with Gasteiger partial charge in [0.1, 0.15) is 12.2 Å². The van der Waals surface area contributed by atoms with Gasteiger partial charge in [-0.05, 0) is 48.9 Å². The van der Waals surface area contributed by atoms with Crippen LogP contribution in [0.15, 0.2) is 48.5 Å². The number of carbonyl (C=O) groups excluding carboxylic acids is 2. The zero-order valence-electron chi connectivity index (χ0n) is 20.0. The third kappa shape index (κ3) is 6.50. The van der Waals surface area contributed by atoms with Crippen LogP contribution in [0, 0.1) is 5.92 Å². The predicted molar refractivity (Wildman–Crippen MR) is 128 cm³/mol. The summed E-state index contributed by atoms with van der Waals surface area (Å²) in [4.78, 5) is 35.9. The molecule has 0 aromatic heterocycles. The molecule has 0 spiro atoms. The molecule has 0 saturated heterocycles. The van der Waals surface area contributed by atoms with Gasteiger partial charge in [-0.2, -0.15) is 0 Å². The van der Waals surface area contributed by atoms with E-state index in [-0.39, 0.29) is 31.4 Å². The second-order valence-corrected chi connectivity index (χ2v) is 9.53. The molecule has 0 fully saturated rings. The monoisotopic (exact) mass is 468 g/mol. The van der Waals surface area contributed by atoms with Gasteiger partial charge < -0.3 is 25.2 Å². The fourth-order valence-corrected chi connectivity index (χ4v) is 4.07. The van der Waals surface area contributed by atoms with Crippen LogP contribution in [-0.2, 0) is 14.3 Å². The minimum atomic E-state index is -1.06. The lowest BCUT2D eigenvalue weighted by Crippen LogP contribution is -2.46. The zero-order chi connectivity index (χ0) is 24.9. The molecule has 182 valence electrons. The van der Waals surface area contributed by atoms with Gasteiger partial charge in [-0.25, -0.2) is 9.59 Å². The summed E-state index contributed by atoms with van der Waals surface area (Å²) in [6, 6.07) is 15.3. The lowest BCUT2D eigenvalue weighted by atomic mass is 9.98. The molecule has 0 saturated carbocycles. The molecular formula is C26H32N2O6. The maximum Gasteiger partial charge on any atom is 0.407 e. The number of fused-ring (bicyclic) bond motifs is 3. The van der Waals surface area contributed by atoms with E-state index >= 15 is 0 Å². The molecule has 2 aromatic rings. The van der Waals surface area contributed by atoms with Crippen molar-refractivity contribution in [3.05, 3.63) is 59.7 Å². The van der Waals surface area contributed by atoms with Crippen molar-refractivity contribution < 1.29 is 29.0 Å². The van der Waals surface area contributed by atoms with Crippen LogP contribution < -0.4 is 10.6 Å². The number of carboxylic acid groups (broad SMARTS) is 1. The van der Waals surface area contributed by atoms with E-state index in [2.05, 4.69) is 22.8 Å². The van der Waals surface area contributed by atoms with Crippen molar-refractivity contribution in [2.75, 3.05) is 13.2 Å².